The van der Waals surface area contributed by atoms with Crippen LogP contribution in [0.5, 0.6) is 0 Å². The highest BCUT2D eigenvalue weighted by molar-refractivity contribution is 5.82. The summed E-state index contributed by atoms with van der Waals surface area (Å²) >= 11 is 0. The van der Waals surface area contributed by atoms with E-state index in [9.17, 15) is 22.8 Å². The van der Waals surface area contributed by atoms with Crippen LogP contribution >= 0.6 is 0 Å². The Balaban J connectivity index is 1.42. The molecule has 5 rings (SSSR count). The number of aromatic nitrogens is 2. The van der Waals surface area contributed by atoms with Gasteiger partial charge in [0.1, 0.15) is 0 Å². The number of piperidine rings is 1. The number of ether oxygens (including phenoxy) is 1. The molecule has 2 fully saturated rings. The van der Waals surface area contributed by atoms with Gasteiger partial charge in [-0.25, -0.2) is 0 Å². The molecule has 1 saturated heterocycles. The van der Waals surface area contributed by atoms with Crippen molar-refractivity contribution < 1.29 is 27.5 Å². The summed E-state index contributed by atoms with van der Waals surface area (Å²) in [6.07, 6.45) is 1.29. The van der Waals surface area contributed by atoms with Gasteiger partial charge in [0, 0.05) is 43.9 Å². The topological polar surface area (TPSA) is 67.7 Å². The van der Waals surface area contributed by atoms with Crippen LogP contribution in [0.15, 0.2) is 67.0 Å². The lowest BCUT2D eigenvalue weighted by atomic mass is 9.73. The summed E-state index contributed by atoms with van der Waals surface area (Å²) in [6.45, 7) is 1.81. The van der Waals surface area contributed by atoms with Crippen LogP contribution in [0.1, 0.15) is 42.7 Å². The van der Waals surface area contributed by atoms with E-state index in [1.165, 1.54) is 7.11 Å². The number of methoxy groups -OCH3 is 1. The summed E-state index contributed by atoms with van der Waals surface area (Å²) in [5.74, 6) is -2.16. The van der Waals surface area contributed by atoms with Crippen LogP contribution in [0.3, 0.4) is 0 Å². The third kappa shape index (κ3) is 7.03. The highest BCUT2D eigenvalue weighted by atomic mass is 19.4. The molecule has 2 aliphatic rings. The van der Waals surface area contributed by atoms with Crippen molar-refractivity contribution in [1.29, 1.82) is 0 Å². The van der Waals surface area contributed by atoms with Crippen LogP contribution in [-0.2, 0) is 27.8 Å². The molecule has 1 aromatic heterocycles. The zero-order chi connectivity index (χ0) is 29.9. The van der Waals surface area contributed by atoms with Crippen molar-refractivity contribution in [1.82, 2.24) is 19.6 Å². The van der Waals surface area contributed by atoms with Crippen LogP contribution in [0, 0.1) is 5.41 Å². The minimum absolute atomic E-state index is 0.0291. The van der Waals surface area contributed by atoms with E-state index in [1.807, 2.05) is 61.8 Å². The minimum Gasteiger partial charge on any atom is -0.469 e. The molecule has 2 aromatic carbocycles. The van der Waals surface area contributed by atoms with E-state index in [0.29, 0.717) is 45.3 Å². The number of rotatable bonds is 10. The Morgan fingerprint density at radius 3 is 2.45 bits per heavy atom. The van der Waals surface area contributed by atoms with E-state index < -0.39 is 23.5 Å². The van der Waals surface area contributed by atoms with Gasteiger partial charge in [0.25, 0.3) is 0 Å². The number of amides is 1. The molecule has 1 saturated carbocycles. The van der Waals surface area contributed by atoms with Gasteiger partial charge < -0.3 is 14.5 Å². The molecule has 2 heterocycles. The summed E-state index contributed by atoms with van der Waals surface area (Å²) in [5.41, 5.74) is 3.36. The Hall–Kier alpha value is -3.66. The van der Waals surface area contributed by atoms with Crippen LogP contribution in [-0.4, -0.2) is 77.0 Å². The largest absolute Gasteiger partial charge is 0.471 e. The molecule has 1 amide bonds. The predicted molar refractivity (Wildman–Crippen MR) is 152 cm³/mol. The van der Waals surface area contributed by atoms with E-state index in [-0.39, 0.29) is 24.9 Å². The molecule has 0 spiro atoms. The van der Waals surface area contributed by atoms with Crippen molar-refractivity contribution in [2.45, 2.75) is 50.2 Å². The van der Waals surface area contributed by atoms with Gasteiger partial charge in [-0.15, -0.1) is 0 Å². The number of nitrogens with zero attached hydrogens (tertiary/aromatic N) is 4. The number of hydrogen-bond donors (Lipinski definition) is 0. The van der Waals surface area contributed by atoms with Crippen LogP contribution in [0.2, 0.25) is 0 Å². The molecular formula is C32H37F3N4O3. The molecule has 0 unspecified atom stereocenters. The molecule has 3 aromatic rings. The Bertz CT molecular complexity index is 1380. The standard InChI is InChI=1S/C32H37F3N4O3/c1-37-21-26(20-36-37)25-10-6-7-23(17-25)19-31(12-15-38(16-13-31)14-11-29(40)42-2)22-39(30(41)32(33,34)35)28-18-27(28)24-8-4-3-5-9-24/h3-10,17,20-21,27-28H,11-16,18-19,22H2,1-2H3/t27-,28+/m0/s1. The van der Waals surface area contributed by atoms with Gasteiger partial charge in [-0.3, -0.25) is 14.3 Å². The predicted octanol–water partition coefficient (Wildman–Crippen LogP) is 5.22. The molecule has 1 aliphatic heterocycles. The van der Waals surface area contributed by atoms with Crippen molar-refractivity contribution in [2.75, 3.05) is 33.3 Å². The van der Waals surface area contributed by atoms with E-state index in [1.54, 1.807) is 10.9 Å². The van der Waals surface area contributed by atoms with E-state index in [4.69, 9.17) is 4.74 Å². The van der Waals surface area contributed by atoms with E-state index in [0.717, 1.165) is 27.2 Å². The molecule has 7 nitrogen and oxygen atoms in total. The normalized spacial score (nSPS) is 20.2. The third-order valence-corrected chi connectivity index (χ3v) is 8.71. The number of hydrogen-bond acceptors (Lipinski definition) is 5. The van der Waals surface area contributed by atoms with Crippen molar-refractivity contribution in [3.8, 4) is 11.1 Å². The van der Waals surface area contributed by atoms with Crippen LogP contribution in [0.25, 0.3) is 11.1 Å². The zero-order valence-corrected chi connectivity index (χ0v) is 24.0. The van der Waals surface area contributed by atoms with Gasteiger partial charge >= 0.3 is 18.1 Å². The number of benzene rings is 2. The second kappa shape index (κ2) is 12.3. The minimum atomic E-state index is -4.95. The number of carbonyl (C=O) groups is 2. The average molecular weight is 583 g/mol. The van der Waals surface area contributed by atoms with Crippen LogP contribution in [0.4, 0.5) is 13.2 Å². The lowest BCUT2D eigenvalue weighted by molar-refractivity contribution is -0.188. The Labute approximate surface area is 244 Å². The van der Waals surface area contributed by atoms with Gasteiger partial charge in [-0.05, 0) is 60.9 Å². The summed E-state index contributed by atoms with van der Waals surface area (Å²) in [6, 6.07) is 17.0. The molecule has 224 valence electrons. The fourth-order valence-electron chi connectivity index (χ4n) is 6.31. The maximum Gasteiger partial charge on any atom is 0.471 e. The smallest absolute Gasteiger partial charge is 0.469 e. The monoisotopic (exact) mass is 582 g/mol. The lowest BCUT2D eigenvalue weighted by Crippen LogP contribution is -2.52. The molecule has 1 aliphatic carbocycles. The lowest BCUT2D eigenvalue weighted by Gasteiger charge is -2.45. The van der Waals surface area contributed by atoms with Gasteiger partial charge in [-0.2, -0.15) is 18.3 Å². The first-order valence-corrected chi connectivity index (χ1v) is 14.4. The van der Waals surface area contributed by atoms with Crippen molar-refractivity contribution in [2.24, 2.45) is 12.5 Å². The maximum atomic E-state index is 14.0. The van der Waals surface area contributed by atoms with Gasteiger partial charge in [0.05, 0.1) is 19.7 Å². The second-order valence-electron chi connectivity index (χ2n) is 11.7. The molecule has 0 radical (unpaired) electrons. The number of esters is 1. The number of halogens is 3. The fraction of sp³-hybridized carbons (Fsp3) is 0.469. The first-order valence-electron chi connectivity index (χ1n) is 14.4. The zero-order valence-electron chi connectivity index (χ0n) is 24.0. The summed E-state index contributed by atoms with van der Waals surface area (Å²) in [7, 11) is 3.21. The SMILES string of the molecule is COC(=O)CCN1CCC(Cc2cccc(-c3cnn(C)c3)c2)(CN(C(=O)C(F)(F)F)[C@@H]2C[C@H]2c2ccccc2)CC1. The Morgan fingerprint density at radius 2 is 1.81 bits per heavy atom. The number of likely N-dealkylation sites (tertiary alicyclic amines) is 1. The summed E-state index contributed by atoms with van der Waals surface area (Å²) in [4.78, 5) is 27.9. The molecule has 0 N–H and O–H groups in total. The van der Waals surface area contributed by atoms with E-state index in [2.05, 4.69) is 16.1 Å². The average Bonchev–Trinajstić information content (AvgIpc) is 3.66. The van der Waals surface area contributed by atoms with Crippen molar-refractivity contribution in [3.63, 3.8) is 0 Å². The number of alkyl halides is 3. The highest BCUT2D eigenvalue weighted by Crippen LogP contribution is 2.48. The second-order valence-corrected chi connectivity index (χ2v) is 11.7. The van der Waals surface area contributed by atoms with Gasteiger partial charge in [-0.1, -0.05) is 54.6 Å². The molecule has 2 atom stereocenters. The molecule has 10 heteroatoms. The van der Waals surface area contributed by atoms with Gasteiger partial charge in [0.2, 0.25) is 0 Å². The fourth-order valence-corrected chi connectivity index (χ4v) is 6.31. The molecule has 0 bridgehead atoms. The summed E-state index contributed by atoms with van der Waals surface area (Å²) in [5, 5.41) is 4.26. The summed E-state index contributed by atoms with van der Waals surface area (Å²) < 4.78 is 48.5. The van der Waals surface area contributed by atoms with Gasteiger partial charge in [0.15, 0.2) is 0 Å². The van der Waals surface area contributed by atoms with Crippen molar-refractivity contribution in [3.05, 3.63) is 78.1 Å². The molecule has 42 heavy (non-hydrogen) atoms. The maximum absolute atomic E-state index is 14.0. The van der Waals surface area contributed by atoms with E-state index >= 15 is 0 Å². The highest BCUT2D eigenvalue weighted by Gasteiger charge is 2.54. The first kappa shape index (κ1) is 29.8. The Kier molecular flexibility index (Phi) is 8.73. The third-order valence-electron chi connectivity index (χ3n) is 8.71. The number of aryl methyl sites for hydroxylation is 1. The number of carbonyl (C=O) groups excluding carboxylic acids is 2. The van der Waals surface area contributed by atoms with Crippen molar-refractivity contribution >= 4 is 11.9 Å². The Morgan fingerprint density at radius 1 is 1.07 bits per heavy atom. The quantitative estimate of drug-likeness (QED) is 0.307. The van der Waals surface area contributed by atoms with Crippen LogP contribution < -0.4 is 0 Å². The molecular weight excluding hydrogens is 545 g/mol. The first-order chi connectivity index (χ1) is 20.1.